The van der Waals surface area contributed by atoms with Gasteiger partial charge in [0, 0.05) is 19.6 Å². The molecule has 1 aliphatic rings. The van der Waals surface area contributed by atoms with E-state index < -0.39 is 0 Å². The molecule has 1 heterocycles. The molecular weight excluding hydrogens is 338 g/mol. The SMILES string of the molecule is C.NNC(=O)Cc1ccc(CCc2cccc(CN3CCOCC3)c2)cc1. The van der Waals surface area contributed by atoms with Crippen LogP contribution in [-0.2, 0) is 35.3 Å². The smallest absolute Gasteiger partial charge is 0.238 e. The molecule has 146 valence electrons. The predicted molar refractivity (Wildman–Crippen MR) is 109 cm³/mol. The highest BCUT2D eigenvalue weighted by Gasteiger charge is 2.10. The van der Waals surface area contributed by atoms with Crippen LogP contribution >= 0.6 is 0 Å². The number of nitrogens with one attached hydrogen (secondary N) is 1. The molecule has 1 saturated heterocycles. The van der Waals surface area contributed by atoms with Crippen LogP contribution in [0.5, 0.6) is 0 Å². The first-order valence-electron chi connectivity index (χ1n) is 9.18. The highest BCUT2D eigenvalue weighted by atomic mass is 16.5. The second-order valence-electron chi connectivity index (χ2n) is 6.77. The van der Waals surface area contributed by atoms with Crippen molar-refractivity contribution in [1.82, 2.24) is 10.3 Å². The highest BCUT2D eigenvalue weighted by molar-refractivity contribution is 5.77. The van der Waals surface area contributed by atoms with Gasteiger partial charge in [0.25, 0.3) is 0 Å². The molecule has 2 aromatic carbocycles. The highest BCUT2D eigenvalue weighted by Crippen LogP contribution is 2.13. The Kier molecular flexibility index (Phi) is 8.45. The lowest BCUT2D eigenvalue weighted by molar-refractivity contribution is -0.120. The zero-order chi connectivity index (χ0) is 18.2. The third-order valence-electron chi connectivity index (χ3n) is 4.75. The zero-order valence-corrected chi connectivity index (χ0v) is 15.1. The molecule has 0 radical (unpaired) electrons. The molecule has 1 amide bonds. The second kappa shape index (κ2) is 10.8. The maximum atomic E-state index is 11.3. The first kappa shape index (κ1) is 21.1. The number of rotatable bonds is 7. The number of amides is 1. The first-order chi connectivity index (χ1) is 12.7. The number of ether oxygens (including phenoxy) is 1. The lowest BCUT2D eigenvalue weighted by Crippen LogP contribution is -2.35. The maximum Gasteiger partial charge on any atom is 0.238 e. The average molecular weight is 370 g/mol. The van der Waals surface area contributed by atoms with Crippen molar-refractivity contribution in [1.29, 1.82) is 0 Å². The number of benzene rings is 2. The lowest BCUT2D eigenvalue weighted by Gasteiger charge is -2.26. The minimum atomic E-state index is -0.171. The van der Waals surface area contributed by atoms with E-state index in [1.54, 1.807) is 0 Å². The fourth-order valence-electron chi connectivity index (χ4n) is 3.25. The van der Waals surface area contributed by atoms with Gasteiger partial charge < -0.3 is 4.74 Å². The number of aryl methyl sites for hydroxylation is 2. The van der Waals surface area contributed by atoms with Crippen LogP contribution in [0, 0.1) is 0 Å². The van der Waals surface area contributed by atoms with Gasteiger partial charge in [0.05, 0.1) is 19.6 Å². The van der Waals surface area contributed by atoms with E-state index in [1.807, 2.05) is 12.1 Å². The van der Waals surface area contributed by atoms with Gasteiger partial charge in [-0.1, -0.05) is 56.0 Å². The molecule has 0 bridgehead atoms. The Morgan fingerprint density at radius 3 is 2.30 bits per heavy atom. The number of carbonyl (C=O) groups excluding carboxylic acids is 1. The van der Waals surface area contributed by atoms with E-state index in [0.29, 0.717) is 6.42 Å². The van der Waals surface area contributed by atoms with Crippen molar-refractivity contribution in [2.45, 2.75) is 33.2 Å². The number of nitrogens with zero attached hydrogens (tertiary/aromatic N) is 1. The Morgan fingerprint density at radius 2 is 1.59 bits per heavy atom. The molecule has 1 fully saturated rings. The molecule has 0 atom stereocenters. The van der Waals surface area contributed by atoms with Crippen molar-refractivity contribution in [2.24, 2.45) is 5.84 Å². The fraction of sp³-hybridized carbons (Fsp3) is 0.409. The molecule has 5 nitrogen and oxygen atoms in total. The van der Waals surface area contributed by atoms with Gasteiger partial charge in [-0.15, -0.1) is 0 Å². The topological polar surface area (TPSA) is 67.6 Å². The van der Waals surface area contributed by atoms with Gasteiger partial charge in [-0.25, -0.2) is 5.84 Å². The number of morpholine rings is 1. The molecule has 0 unspecified atom stereocenters. The van der Waals surface area contributed by atoms with Crippen LogP contribution in [0.4, 0.5) is 0 Å². The van der Waals surface area contributed by atoms with Crippen LogP contribution in [0.3, 0.4) is 0 Å². The van der Waals surface area contributed by atoms with Gasteiger partial charge in [-0.05, 0) is 35.1 Å². The molecule has 0 saturated carbocycles. The summed E-state index contributed by atoms with van der Waals surface area (Å²) in [5.41, 5.74) is 7.15. The summed E-state index contributed by atoms with van der Waals surface area (Å²) in [6.07, 6.45) is 2.32. The van der Waals surface area contributed by atoms with Gasteiger partial charge >= 0.3 is 0 Å². The summed E-state index contributed by atoms with van der Waals surface area (Å²) in [6.45, 7) is 4.69. The Bertz CT molecular complexity index is 710. The minimum absolute atomic E-state index is 0. The minimum Gasteiger partial charge on any atom is -0.379 e. The van der Waals surface area contributed by atoms with Gasteiger partial charge in [0.2, 0.25) is 5.91 Å². The number of hydrogen-bond donors (Lipinski definition) is 2. The normalized spacial score (nSPS) is 14.4. The number of hydrogen-bond acceptors (Lipinski definition) is 4. The van der Waals surface area contributed by atoms with Crippen molar-refractivity contribution in [3.63, 3.8) is 0 Å². The lowest BCUT2D eigenvalue weighted by atomic mass is 10.0. The van der Waals surface area contributed by atoms with Crippen LogP contribution < -0.4 is 11.3 Å². The Hall–Kier alpha value is -2.21. The molecule has 2 aromatic rings. The summed E-state index contributed by atoms with van der Waals surface area (Å²) in [5.74, 6) is 4.95. The third kappa shape index (κ3) is 6.79. The van der Waals surface area contributed by atoms with E-state index in [1.165, 1.54) is 16.7 Å². The predicted octanol–water partition coefficient (Wildman–Crippen LogP) is 2.47. The van der Waals surface area contributed by atoms with Crippen molar-refractivity contribution < 1.29 is 9.53 Å². The second-order valence-corrected chi connectivity index (χ2v) is 6.77. The molecule has 27 heavy (non-hydrogen) atoms. The molecule has 5 heteroatoms. The quantitative estimate of drug-likeness (QED) is 0.447. The standard InChI is InChI=1S/C21H27N3O2.CH4/c22-23-21(25)15-19-8-5-17(6-9-19)4-7-18-2-1-3-20(14-18)16-24-10-12-26-13-11-24;/h1-3,5-6,8-9,14H,4,7,10-13,15-16,22H2,(H,23,25);1H4. The summed E-state index contributed by atoms with van der Waals surface area (Å²) >= 11 is 0. The van der Waals surface area contributed by atoms with Crippen LogP contribution in [0.1, 0.15) is 29.7 Å². The molecular formula is C22H31N3O2. The van der Waals surface area contributed by atoms with Crippen LogP contribution in [-0.4, -0.2) is 37.1 Å². The molecule has 3 rings (SSSR count). The summed E-state index contributed by atoms with van der Waals surface area (Å²) in [4.78, 5) is 13.7. The van der Waals surface area contributed by atoms with E-state index in [2.05, 4.69) is 46.7 Å². The van der Waals surface area contributed by atoms with Gasteiger partial charge in [-0.2, -0.15) is 0 Å². The van der Waals surface area contributed by atoms with Gasteiger partial charge in [0.1, 0.15) is 0 Å². The Morgan fingerprint density at radius 1 is 0.963 bits per heavy atom. The largest absolute Gasteiger partial charge is 0.379 e. The van der Waals surface area contributed by atoms with Crippen LogP contribution in [0.15, 0.2) is 48.5 Å². The van der Waals surface area contributed by atoms with E-state index in [9.17, 15) is 4.79 Å². The monoisotopic (exact) mass is 369 g/mol. The van der Waals surface area contributed by atoms with Crippen molar-refractivity contribution in [3.05, 3.63) is 70.8 Å². The maximum absolute atomic E-state index is 11.3. The van der Waals surface area contributed by atoms with Gasteiger partial charge in [0.15, 0.2) is 0 Å². The summed E-state index contributed by atoms with van der Waals surface area (Å²) in [7, 11) is 0. The third-order valence-corrected chi connectivity index (χ3v) is 4.75. The van der Waals surface area contributed by atoms with Crippen molar-refractivity contribution in [3.8, 4) is 0 Å². The molecule has 0 aromatic heterocycles. The molecule has 1 aliphatic heterocycles. The van der Waals surface area contributed by atoms with Crippen LogP contribution in [0.25, 0.3) is 0 Å². The van der Waals surface area contributed by atoms with E-state index in [4.69, 9.17) is 10.6 Å². The Labute approximate surface area is 162 Å². The number of carbonyl (C=O) groups is 1. The van der Waals surface area contributed by atoms with Crippen LogP contribution in [0.2, 0.25) is 0 Å². The fourth-order valence-corrected chi connectivity index (χ4v) is 3.25. The van der Waals surface area contributed by atoms with Gasteiger partial charge in [-0.3, -0.25) is 15.1 Å². The molecule has 0 aliphatic carbocycles. The molecule has 0 spiro atoms. The van der Waals surface area contributed by atoms with Crippen molar-refractivity contribution >= 4 is 5.91 Å². The molecule has 3 N–H and O–H groups in total. The summed E-state index contributed by atoms with van der Waals surface area (Å²) < 4.78 is 5.41. The van der Waals surface area contributed by atoms with Crippen molar-refractivity contribution in [2.75, 3.05) is 26.3 Å². The summed E-state index contributed by atoms with van der Waals surface area (Å²) in [6, 6.07) is 17.1. The first-order valence-corrected chi connectivity index (χ1v) is 9.18. The number of nitrogens with two attached hydrogens (primary N) is 1. The summed E-state index contributed by atoms with van der Waals surface area (Å²) in [5, 5.41) is 0. The zero-order valence-electron chi connectivity index (χ0n) is 15.1. The van der Waals surface area contributed by atoms with E-state index in [0.717, 1.165) is 51.3 Å². The average Bonchev–Trinajstić information content (AvgIpc) is 2.68. The van der Waals surface area contributed by atoms with E-state index >= 15 is 0 Å². The Balaban J connectivity index is 0.00000261. The number of hydrazine groups is 1. The van der Waals surface area contributed by atoms with E-state index in [-0.39, 0.29) is 13.3 Å².